The number of aromatic nitrogens is 4. The summed E-state index contributed by atoms with van der Waals surface area (Å²) in [5.41, 5.74) is 3.85. The number of pyridine rings is 1. The van der Waals surface area contributed by atoms with Crippen LogP contribution in [-0.4, -0.2) is 61.9 Å². The van der Waals surface area contributed by atoms with Crippen LogP contribution in [0.3, 0.4) is 0 Å². The van der Waals surface area contributed by atoms with Gasteiger partial charge in [0.25, 0.3) is 0 Å². The minimum absolute atomic E-state index is 0.134. The molecule has 0 atom stereocenters. The van der Waals surface area contributed by atoms with Crippen LogP contribution in [0.2, 0.25) is 0 Å². The lowest BCUT2D eigenvalue weighted by Gasteiger charge is -2.34. The van der Waals surface area contributed by atoms with Crippen molar-refractivity contribution in [3.8, 4) is 11.6 Å². The van der Waals surface area contributed by atoms with E-state index in [2.05, 4.69) is 42.2 Å². The van der Waals surface area contributed by atoms with Gasteiger partial charge in [-0.05, 0) is 65.4 Å². The zero-order chi connectivity index (χ0) is 23.7. The highest BCUT2D eigenvalue weighted by molar-refractivity contribution is 9.10. The number of fused-ring (bicyclic) bond motifs is 1. The molecule has 0 bridgehead atoms. The number of benzene rings is 1. The number of piperazine rings is 1. The van der Waals surface area contributed by atoms with E-state index in [4.69, 9.17) is 4.74 Å². The molecule has 1 saturated carbocycles. The van der Waals surface area contributed by atoms with Crippen molar-refractivity contribution in [2.45, 2.75) is 39.8 Å². The molecule has 2 fully saturated rings. The van der Waals surface area contributed by atoms with Gasteiger partial charge in [-0.3, -0.25) is 9.69 Å². The number of nitrogens with zero attached hydrogens (tertiary/aromatic N) is 6. The molecule has 178 valence electrons. The van der Waals surface area contributed by atoms with Crippen LogP contribution in [0.1, 0.15) is 37.8 Å². The third kappa shape index (κ3) is 5.00. The summed E-state index contributed by atoms with van der Waals surface area (Å²) in [6.45, 7) is 8.38. The fourth-order valence-electron chi connectivity index (χ4n) is 4.32. The lowest BCUT2D eigenvalue weighted by atomic mass is 10.1. The first-order chi connectivity index (χ1) is 16.5. The van der Waals surface area contributed by atoms with Crippen LogP contribution in [0.4, 0.5) is 0 Å². The lowest BCUT2D eigenvalue weighted by molar-refractivity contribution is -0.130. The molecular weight excluding hydrogens is 496 g/mol. The molecule has 9 heteroatoms. The van der Waals surface area contributed by atoms with Crippen LogP contribution >= 0.6 is 15.9 Å². The normalized spacial score (nSPS) is 17.1. The van der Waals surface area contributed by atoms with Crippen molar-refractivity contribution < 1.29 is 9.53 Å². The molecular formula is C25H29BrN6O2. The fraction of sp³-hybridized carbons (Fsp3) is 0.440. The summed E-state index contributed by atoms with van der Waals surface area (Å²) >= 11 is 3.69. The number of amides is 1. The average Bonchev–Trinajstić information content (AvgIpc) is 3.55. The van der Waals surface area contributed by atoms with E-state index >= 15 is 0 Å². The molecule has 1 amide bonds. The summed E-state index contributed by atoms with van der Waals surface area (Å²) in [4.78, 5) is 20.6. The van der Waals surface area contributed by atoms with Crippen LogP contribution in [0.15, 0.2) is 34.9 Å². The predicted molar refractivity (Wildman–Crippen MR) is 135 cm³/mol. The molecule has 5 rings (SSSR count). The van der Waals surface area contributed by atoms with Gasteiger partial charge in [0.15, 0.2) is 0 Å². The summed E-state index contributed by atoms with van der Waals surface area (Å²) in [7, 11) is 0. The number of rotatable bonds is 7. The molecule has 0 unspecified atom stereocenters. The Morgan fingerprint density at radius 3 is 2.74 bits per heavy atom. The molecule has 0 spiro atoms. The maximum atomic E-state index is 11.7. The molecule has 1 aliphatic heterocycles. The number of hydrogen-bond acceptors (Lipinski definition) is 6. The Labute approximate surface area is 207 Å². The third-order valence-electron chi connectivity index (χ3n) is 6.44. The highest BCUT2D eigenvalue weighted by Gasteiger charge is 2.24. The number of carbonyl (C=O) groups is 1. The van der Waals surface area contributed by atoms with E-state index in [-0.39, 0.29) is 5.91 Å². The van der Waals surface area contributed by atoms with E-state index in [9.17, 15) is 4.79 Å². The van der Waals surface area contributed by atoms with Crippen molar-refractivity contribution in [2.75, 3.05) is 26.2 Å². The maximum absolute atomic E-state index is 11.7. The highest BCUT2D eigenvalue weighted by Crippen LogP contribution is 2.37. The molecule has 2 aliphatic rings. The molecule has 2 aromatic heterocycles. The monoisotopic (exact) mass is 524 g/mol. The summed E-state index contributed by atoms with van der Waals surface area (Å²) in [6.07, 6.45) is 8.40. The Morgan fingerprint density at radius 1 is 1.24 bits per heavy atom. The van der Waals surface area contributed by atoms with Gasteiger partial charge in [0.05, 0.1) is 9.99 Å². The zero-order valence-corrected chi connectivity index (χ0v) is 21.2. The average molecular weight is 525 g/mol. The summed E-state index contributed by atoms with van der Waals surface area (Å²) in [6, 6.07) is 6.10. The summed E-state index contributed by atoms with van der Waals surface area (Å²) < 4.78 is 9.10. The Hall–Kier alpha value is -2.78. The van der Waals surface area contributed by atoms with Crippen molar-refractivity contribution in [2.24, 2.45) is 5.92 Å². The van der Waals surface area contributed by atoms with Crippen molar-refractivity contribution in [1.82, 2.24) is 29.8 Å². The van der Waals surface area contributed by atoms with Crippen LogP contribution < -0.4 is 4.74 Å². The van der Waals surface area contributed by atoms with E-state index in [1.54, 1.807) is 6.92 Å². The molecule has 3 heterocycles. The minimum atomic E-state index is 0.134. The number of halogens is 1. The second-order valence-electron chi connectivity index (χ2n) is 9.08. The van der Waals surface area contributed by atoms with Gasteiger partial charge in [0.2, 0.25) is 11.8 Å². The Morgan fingerprint density at radius 2 is 2.03 bits per heavy atom. The molecule has 0 radical (unpaired) electrons. The lowest BCUT2D eigenvalue weighted by Crippen LogP contribution is -2.47. The number of ether oxygens (including phenoxy) is 1. The third-order valence-corrected chi connectivity index (χ3v) is 7.21. The Balaban J connectivity index is 1.39. The molecule has 1 aliphatic carbocycles. The number of allylic oxidation sites excluding steroid dienone is 1. The second kappa shape index (κ2) is 9.84. The van der Waals surface area contributed by atoms with Crippen molar-refractivity contribution >= 4 is 38.9 Å². The smallest absolute Gasteiger partial charge is 0.223 e. The SMILES string of the molecule is C/C=C/c1cnc(Oc2ccc3c(nnn3CC3CC3)c2Br)c(CN2CCN(C(C)=O)CC2)c1. The van der Waals surface area contributed by atoms with Crippen LogP contribution in [-0.2, 0) is 17.9 Å². The maximum Gasteiger partial charge on any atom is 0.223 e. The Bertz CT molecular complexity index is 1230. The first kappa shape index (κ1) is 23.0. The van der Waals surface area contributed by atoms with Crippen LogP contribution in [0.5, 0.6) is 11.6 Å². The van der Waals surface area contributed by atoms with Gasteiger partial charge in [-0.1, -0.05) is 17.4 Å². The molecule has 34 heavy (non-hydrogen) atoms. The zero-order valence-electron chi connectivity index (χ0n) is 19.6. The number of carbonyl (C=O) groups excluding carboxylic acids is 1. The number of hydrogen-bond donors (Lipinski definition) is 0. The van der Waals surface area contributed by atoms with Crippen molar-refractivity contribution in [3.05, 3.63) is 46.1 Å². The molecule has 3 aromatic rings. The van der Waals surface area contributed by atoms with Gasteiger partial charge < -0.3 is 9.64 Å². The van der Waals surface area contributed by atoms with E-state index < -0.39 is 0 Å². The van der Waals surface area contributed by atoms with Gasteiger partial charge in [-0.15, -0.1) is 5.10 Å². The van der Waals surface area contributed by atoms with E-state index in [1.807, 2.05) is 47.0 Å². The van der Waals surface area contributed by atoms with Gasteiger partial charge in [0.1, 0.15) is 11.3 Å². The summed E-state index contributed by atoms with van der Waals surface area (Å²) in [5.74, 6) is 2.10. The first-order valence-corrected chi connectivity index (χ1v) is 12.6. The molecule has 1 saturated heterocycles. The summed E-state index contributed by atoms with van der Waals surface area (Å²) in [5, 5.41) is 8.75. The standard InChI is InChI=1S/C25H29BrN6O2/c1-3-4-19-13-20(16-30-9-11-31(12-10-30)17(2)33)25(27-14-19)34-22-8-7-21-24(23(22)26)28-29-32(21)15-18-5-6-18/h3-4,7-8,13-14,18H,5-6,9-12,15-16H2,1-2H3/b4-3+. The van der Waals surface area contributed by atoms with Crippen LogP contribution in [0, 0.1) is 5.92 Å². The predicted octanol–water partition coefficient (Wildman–Crippen LogP) is 4.49. The van der Waals surface area contributed by atoms with Crippen molar-refractivity contribution in [1.29, 1.82) is 0 Å². The van der Waals surface area contributed by atoms with Gasteiger partial charge >= 0.3 is 0 Å². The molecule has 1 aromatic carbocycles. The topological polar surface area (TPSA) is 76.4 Å². The quantitative estimate of drug-likeness (QED) is 0.453. The van der Waals surface area contributed by atoms with Gasteiger partial charge in [0, 0.05) is 58.0 Å². The fourth-order valence-corrected chi connectivity index (χ4v) is 4.81. The largest absolute Gasteiger partial charge is 0.437 e. The van der Waals surface area contributed by atoms with Gasteiger partial charge in [-0.25, -0.2) is 9.67 Å². The van der Waals surface area contributed by atoms with Crippen LogP contribution in [0.25, 0.3) is 17.1 Å². The molecule has 0 N–H and O–H groups in total. The first-order valence-electron chi connectivity index (χ1n) is 11.8. The highest BCUT2D eigenvalue weighted by atomic mass is 79.9. The van der Waals surface area contributed by atoms with E-state index in [0.717, 1.165) is 65.3 Å². The Kier molecular flexibility index (Phi) is 6.65. The molecule has 8 nitrogen and oxygen atoms in total. The minimum Gasteiger partial charge on any atom is -0.437 e. The van der Waals surface area contributed by atoms with E-state index in [0.29, 0.717) is 18.2 Å². The van der Waals surface area contributed by atoms with Crippen molar-refractivity contribution in [3.63, 3.8) is 0 Å². The second-order valence-corrected chi connectivity index (χ2v) is 9.87. The van der Waals surface area contributed by atoms with E-state index in [1.165, 1.54) is 12.8 Å². The van der Waals surface area contributed by atoms with Gasteiger partial charge in [-0.2, -0.15) is 0 Å².